The van der Waals surface area contributed by atoms with Crippen LogP contribution in [0.15, 0.2) is 146 Å². The van der Waals surface area contributed by atoms with Crippen LogP contribution in [0.25, 0.3) is 43.1 Å². The second kappa shape index (κ2) is 20.7. The van der Waals surface area contributed by atoms with Gasteiger partial charge in [0, 0.05) is 58.4 Å². The predicted octanol–water partition coefficient (Wildman–Crippen LogP) is 12.4. The molecule has 0 aliphatic carbocycles. The van der Waals surface area contributed by atoms with E-state index in [1.54, 1.807) is 77.3 Å². The van der Waals surface area contributed by atoms with E-state index in [0.29, 0.717) is 48.8 Å². The molecule has 0 aromatic heterocycles. The maximum atomic E-state index is 14.0. The molecule has 11 heteroatoms. The van der Waals surface area contributed by atoms with Gasteiger partial charge in [-0.25, -0.2) is 4.79 Å². The molecule has 0 radical (unpaired) electrons. The molecule has 71 heavy (non-hydrogen) atoms. The largest absolute Gasteiger partial charge is 0.459 e. The van der Waals surface area contributed by atoms with Gasteiger partial charge in [0.1, 0.15) is 22.7 Å². The zero-order valence-corrected chi connectivity index (χ0v) is 42.1. The van der Waals surface area contributed by atoms with Crippen molar-refractivity contribution in [3.63, 3.8) is 0 Å². The third-order valence-electron chi connectivity index (χ3n) is 12.3. The van der Waals surface area contributed by atoms with Gasteiger partial charge >= 0.3 is 12.1 Å². The number of carbonyl (C=O) groups excluding carboxylic acids is 4. The molecule has 8 aromatic rings. The normalized spacial score (nSPS) is 11.7. The van der Waals surface area contributed by atoms with E-state index in [0.717, 1.165) is 65.3 Å². The number of benzene rings is 8. The van der Waals surface area contributed by atoms with E-state index in [4.69, 9.17) is 14.2 Å². The van der Waals surface area contributed by atoms with Gasteiger partial charge in [-0.1, -0.05) is 97.1 Å². The Bertz CT molecular complexity index is 3170. The van der Waals surface area contributed by atoms with Crippen LogP contribution in [0.2, 0.25) is 0 Å². The first kappa shape index (κ1) is 49.7. The fourth-order valence-electron chi connectivity index (χ4n) is 9.15. The summed E-state index contributed by atoms with van der Waals surface area (Å²) in [6.07, 6.45) is -0.395. The standard InChI is InChI=1S/C60H62N4O7/c1-59(2,3)70-55(65)35-61-34-51-43-18-10-12-20-45(43)52(46-21-13-11-19-44(46)51)36-62(7)56(66)39-26-30-41(31-27-39)69-42-32-28-40(29-33-42)57(67)63(8)37-53-47-22-14-16-24-49(47)54(50-25-17-15-23-48(50)53)38-64(9)58(68)71-60(4,5)6/h10-33,61H,34-38H2,1-9H3. The van der Waals surface area contributed by atoms with Crippen molar-refractivity contribution >= 4 is 67.0 Å². The van der Waals surface area contributed by atoms with Crippen molar-refractivity contribution in [2.75, 3.05) is 27.7 Å². The van der Waals surface area contributed by atoms with Crippen molar-refractivity contribution in [2.45, 2.75) is 78.9 Å². The van der Waals surface area contributed by atoms with E-state index in [-0.39, 0.29) is 24.3 Å². The van der Waals surface area contributed by atoms with E-state index >= 15 is 0 Å². The molecular weight excluding hydrogens is 889 g/mol. The van der Waals surface area contributed by atoms with E-state index in [9.17, 15) is 19.2 Å². The number of amides is 3. The summed E-state index contributed by atoms with van der Waals surface area (Å²) >= 11 is 0. The van der Waals surface area contributed by atoms with Gasteiger partial charge in [0.2, 0.25) is 0 Å². The first-order chi connectivity index (χ1) is 33.8. The van der Waals surface area contributed by atoms with E-state index < -0.39 is 17.3 Å². The summed E-state index contributed by atoms with van der Waals surface area (Å²) in [5.74, 6) is 0.508. The number of carbonyl (C=O) groups is 4. The summed E-state index contributed by atoms with van der Waals surface area (Å²) in [4.78, 5) is 58.5. The monoisotopic (exact) mass is 950 g/mol. The molecular formula is C60H62N4O7. The molecule has 0 aliphatic heterocycles. The van der Waals surface area contributed by atoms with Gasteiger partial charge in [-0.15, -0.1) is 0 Å². The van der Waals surface area contributed by atoms with E-state index in [2.05, 4.69) is 53.8 Å². The Morgan fingerprint density at radius 1 is 0.423 bits per heavy atom. The number of hydrogen-bond donors (Lipinski definition) is 1. The average molecular weight is 951 g/mol. The molecule has 0 aliphatic rings. The third-order valence-corrected chi connectivity index (χ3v) is 12.3. The molecule has 0 saturated heterocycles. The Morgan fingerprint density at radius 3 is 1.06 bits per heavy atom. The van der Waals surface area contributed by atoms with Crippen molar-refractivity contribution in [2.24, 2.45) is 0 Å². The van der Waals surface area contributed by atoms with Gasteiger partial charge in [-0.3, -0.25) is 14.4 Å². The lowest BCUT2D eigenvalue weighted by Crippen LogP contribution is -2.34. The predicted molar refractivity (Wildman–Crippen MR) is 283 cm³/mol. The highest BCUT2D eigenvalue weighted by Gasteiger charge is 2.24. The van der Waals surface area contributed by atoms with Crippen LogP contribution in [-0.4, -0.2) is 77.5 Å². The highest BCUT2D eigenvalue weighted by atomic mass is 16.6. The Kier molecular flexibility index (Phi) is 14.5. The summed E-state index contributed by atoms with van der Waals surface area (Å²) < 4.78 is 17.4. The number of ether oxygens (including phenoxy) is 3. The molecule has 0 heterocycles. The summed E-state index contributed by atoms with van der Waals surface area (Å²) in [6.45, 7) is 12.8. The number of rotatable bonds is 14. The molecule has 8 aromatic carbocycles. The van der Waals surface area contributed by atoms with Crippen molar-refractivity contribution in [1.29, 1.82) is 0 Å². The van der Waals surface area contributed by atoms with Crippen molar-refractivity contribution in [3.8, 4) is 11.5 Å². The molecule has 8 rings (SSSR count). The van der Waals surface area contributed by atoms with Crippen LogP contribution in [-0.2, 0) is 40.4 Å². The van der Waals surface area contributed by atoms with Gasteiger partial charge < -0.3 is 34.2 Å². The lowest BCUT2D eigenvalue weighted by molar-refractivity contribution is -0.153. The topological polar surface area (TPSA) is 118 Å². The molecule has 0 bridgehead atoms. The Morgan fingerprint density at radius 2 is 0.732 bits per heavy atom. The molecule has 11 nitrogen and oxygen atoms in total. The second-order valence-electron chi connectivity index (χ2n) is 20.1. The number of nitrogens with zero attached hydrogens (tertiary/aromatic N) is 3. The highest BCUT2D eigenvalue weighted by molar-refractivity contribution is 6.08. The molecule has 1 N–H and O–H groups in total. The van der Waals surface area contributed by atoms with Crippen LogP contribution in [0.3, 0.4) is 0 Å². The Hall–Kier alpha value is -7.76. The van der Waals surface area contributed by atoms with Gasteiger partial charge in [0.25, 0.3) is 11.8 Å². The zero-order valence-electron chi connectivity index (χ0n) is 42.1. The minimum atomic E-state index is -0.615. The zero-order chi connectivity index (χ0) is 50.6. The van der Waals surface area contributed by atoms with Crippen LogP contribution in [0.1, 0.15) is 84.5 Å². The summed E-state index contributed by atoms with van der Waals surface area (Å²) in [5, 5.41) is 11.5. The number of fused-ring (bicyclic) bond motifs is 4. The SMILES string of the molecule is CN(Cc1c2ccccc2c(CN(C)C(=O)c2ccc(Oc3ccc(C(=O)N(C)Cc4c5ccccc5c(CNCC(=O)OC(C)(C)C)c5ccccc45)cc3)cc2)c2ccccc12)C(=O)OC(C)(C)C. The summed E-state index contributed by atoms with van der Waals surface area (Å²) in [5.41, 5.74) is 3.99. The molecule has 3 amide bonds. The van der Waals surface area contributed by atoms with Gasteiger partial charge in [-0.2, -0.15) is 0 Å². The summed E-state index contributed by atoms with van der Waals surface area (Å²) in [7, 11) is 5.36. The molecule has 364 valence electrons. The molecule has 0 atom stereocenters. The van der Waals surface area contributed by atoms with Gasteiger partial charge in [-0.05, 0) is 155 Å². The Labute approximate surface area is 415 Å². The minimum absolute atomic E-state index is 0.0864. The first-order valence-electron chi connectivity index (χ1n) is 23.9. The number of hydrogen-bond acceptors (Lipinski definition) is 8. The van der Waals surface area contributed by atoms with Crippen LogP contribution >= 0.6 is 0 Å². The fraction of sp³-hybridized carbons (Fsp3) is 0.267. The van der Waals surface area contributed by atoms with Crippen LogP contribution in [0.5, 0.6) is 11.5 Å². The van der Waals surface area contributed by atoms with E-state index in [1.165, 1.54) is 0 Å². The maximum Gasteiger partial charge on any atom is 0.410 e. The summed E-state index contributed by atoms with van der Waals surface area (Å²) in [6, 6.07) is 46.7. The van der Waals surface area contributed by atoms with Crippen LogP contribution < -0.4 is 10.1 Å². The van der Waals surface area contributed by atoms with Crippen molar-refractivity contribution in [1.82, 2.24) is 20.0 Å². The lowest BCUT2D eigenvalue weighted by Gasteiger charge is -2.26. The van der Waals surface area contributed by atoms with Gasteiger partial charge in [0.15, 0.2) is 0 Å². The van der Waals surface area contributed by atoms with Gasteiger partial charge in [0.05, 0.1) is 6.54 Å². The second-order valence-corrected chi connectivity index (χ2v) is 20.1. The van der Waals surface area contributed by atoms with Crippen molar-refractivity contribution in [3.05, 3.63) is 179 Å². The maximum absolute atomic E-state index is 14.0. The van der Waals surface area contributed by atoms with Crippen LogP contribution in [0, 0.1) is 0 Å². The third kappa shape index (κ3) is 11.5. The molecule has 0 saturated carbocycles. The smallest absolute Gasteiger partial charge is 0.410 e. The number of nitrogens with one attached hydrogen (secondary N) is 1. The van der Waals surface area contributed by atoms with E-state index in [1.807, 2.05) is 97.1 Å². The minimum Gasteiger partial charge on any atom is -0.459 e. The number of esters is 1. The molecule has 0 unspecified atom stereocenters. The Balaban J connectivity index is 0.930. The quantitative estimate of drug-likeness (QED) is 0.0846. The fourth-order valence-corrected chi connectivity index (χ4v) is 9.15. The highest BCUT2D eigenvalue weighted by Crippen LogP contribution is 2.36. The van der Waals surface area contributed by atoms with Crippen molar-refractivity contribution < 1.29 is 33.4 Å². The van der Waals surface area contributed by atoms with Crippen LogP contribution in [0.4, 0.5) is 4.79 Å². The lowest BCUT2D eigenvalue weighted by atomic mass is 9.91. The first-order valence-corrected chi connectivity index (χ1v) is 23.9. The average Bonchev–Trinajstić information content (AvgIpc) is 3.34. The molecule has 0 spiro atoms. The molecule has 0 fully saturated rings.